The number of hydrogen-bond acceptors (Lipinski definition) is 2. The van der Waals surface area contributed by atoms with Gasteiger partial charge >= 0.3 is 6.18 Å². The van der Waals surface area contributed by atoms with Gasteiger partial charge in [0.05, 0.1) is 13.0 Å². The molecule has 0 aromatic heterocycles. The lowest BCUT2D eigenvalue weighted by molar-refractivity contribution is -0.139. The highest BCUT2D eigenvalue weighted by atomic mass is 79.9. The molecule has 0 spiro atoms. The van der Waals surface area contributed by atoms with Crippen molar-refractivity contribution in [3.8, 4) is 5.75 Å². The second kappa shape index (κ2) is 7.75. The van der Waals surface area contributed by atoms with Crippen LogP contribution in [0.2, 0.25) is 0 Å². The lowest BCUT2D eigenvalue weighted by Crippen LogP contribution is -2.15. The summed E-state index contributed by atoms with van der Waals surface area (Å²) in [7, 11) is 0. The summed E-state index contributed by atoms with van der Waals surface area (Å²) in [5, 5.41) is 3.23. The summed E-state index contributed by atoms with van der Waals surface area (Å²) in [6, 6.07) is 5.19. The first-order valence-electron chi connectivity index (χ1n) is 6.11. The topological polar surface area (TPSA) is 21.3 Å². The molecule has 1 rings (SSSR count). The summed E-state index contributed by atoms with van der Waals surface area (Å²) in [5.74, 6) is 0.459. The molecule has 0 amide bonds. The van der Waals surface area contributed by atoms with Gasteiger partial charge in [-0.3, -0.25) is 0 Å². The van der Waals surface area contributed by atoms with Crippen LogP contribution in [-0.2, 0) is 6.54 Å². The Labute approximate surface area is 119 Å². The predicted octanol–water partition coefficient (Wildman–Crippen LogP) is 4.28. The maximum atomic E-state index is 12.0. The molecule has 1 aromatic carbocycles. The third-order valence-electron chi connectivity index (χ3n) is 2.41. The van der Waals surface area contributed by atoms with E-state index in [1.165, 1.54) is 0 Å². The van der Waals surface area contributed by atoms with Crippen molar-refractivity contribution in [1.29, 1.82) is 0 Å². The number of halogens is 4. The van der Waals surface area contributed by atoms with E-state index in [2.05, 4.69) is 28.2 Å². The molecular formula is C13H17BrF3NO. The molecule has 0 atom stereocenters. The summed E-state index contributed by atoms with van der Waals surface area (Å²) in [5.41, 5.74) is 0.970. The Hall–Kier alpha value is -0.750. The maximum Gasteiger partial charge on any atom is 0.392 e. The van der Waals surface area contributed by atoms with Gasteiger partial charge in [0.25, 0.3) is 0 Å². The number of hydrogen-bond donors (Lipinski definition) is 1. The molecular weight excluding hydrogens is 323 g/mol. The molecule has 0 unspecified atom stereocenters. The molecule has 0 aliphatic heterocycles. The van der Waals surface area contributed by atoms with E-state index in [0.29, 0.717) is 12.3 Å². The number of benzene rings is 1. The molecule has 108 valence electrons. The number of nitrogens with one attached hydrogen (secondary N) is 1. The van der Waals surface area contributed by atoms with Crippen LogP contribution in [-0.4, -0.2) is 19.3 Å². The monoisotopic (exact) mass is 339 g/mol. The van der Waals surface area contributed by atoms with Crippen molar-refractivity contribution in [2.75, 3.05) is 13.2 Å². The Kier molecular flexibility index (Phi) is 6.65. The third-order valence-corrected chi connectivity index (χ3v) is 3.19. The minimum atomic E-state index is -4.18. The van der Waals surface area contributed by atoms with E-state index in [1.807, 2.05) is 0 Å². The van der Waals surface area contributed by atoms with Crippen LogP contribution in [0.25, 0.3) is 0 Å². The molecule has 19 heavy (non-hydrogen) atoms. The minimum Gasteiger partial charge on any atom is -0.493 e. The van der Waals surface area contributed by atoms with E-state index in [1.54, 1.807) is 18.2 Å². The maximum absolute atomic E-state index is 12.0. The zero-order valence-corrected chi connectivity index (χ0v) is 12.3. The fourth-order valence-electron chi connectivity index (χ4n) is 1.46. The quantitative estimate of drug-likeness (QED) is 0.748. The van der Waals surface area contributed by atoms with Gasteiger partial charge in [-0.2, -0.15) is 13.2 Å². The Morgan fingerprint density at radius 3 is 2.68 bits per heavy atom. The highest BCUT2D eigenvalue weighted by Crippen LogP contribution is 2.24. The van der Waals surface area contributed by atoms with Crippen molar-refractivity contribution >= 4 is 15.9 Å². The van der Waals surface area contributed by atoms with Crippen molar-refractivity contribution in [1.82, 2.24) is 5.32 Å². The van der Waals surface area contributed by atoms with Gasteiger partial charge in [0.15, 0.2) is 0 Å². The van der Waals surface area contributed by atoms with Crippen LogP contribution in [0.15, 0.2) is 22.7 Å². The van der Waals surface area contributed by atoms with Crippen molar-refractivity contribution in [3.05, 3.63) is 28.2 Å². The standard InChI is InChI=1S/C13H17BrF3NO/c1-2-6-18-9-10-8-11(3-4-12(10)14)19-7-5-13(15,16)17/h3-4,8,18H,2,5-7,9H2,1H3. The van der Waals surface area contributed by atoms with Crippen molar-refractivity contribution in [2.45, 2.75) is 32.5 Å². The molecule has 0 fully saturated rings. The van der Waals surface area contributed by atoms with Crippen molar-refractivity contribution < 1.29 is 17.9 Å². The zero-order valence-electron chi connectivity index (χ0n) is 10.7. The van der Waals surface area contributed by atoms with Gasteiger partial charge < -0.3 is 10.1 Å². The van der Waals surface area contributed by atoms with E-state index in [-0.39, 0.29) is 6.61 Å². The van der Waals surface area contributed by atoms with Crippen LogP contribution in [0.4, 0.5) is 13.2 Å². The summed E-state index contributed by atoms with van der Waals surface area (Å²) in [4.78, 5) is 0. The number of alkyl halides is 3. The van der Waals surface area contributed by atoms with Crippen LogP contribution in [0.3, 0.4) is 0 Å². The van der Waals surface area contributed by atoms with Gasteiger partial charge in [0.1, 0.15) is 5.75 Å². The first-order chi connectivity index (χ1) is 8.92. The van der Waals surface area contributed by atoms with Gasteiger partial charge in [-0.1, -0.05) is 22.9 Å². The molecule has 0 saturated carbocycles. The lowest BCUT2D eigenvalue weighted by Gasteiger charge is -2.11. The second-order valence-corrected chi connectivity index (χ2v) is 5.00. The molecule has 0 saturated heterocycles. The van der Waals surface area contributed by atoms with Gasteiger partial charge in [0, 0.05) is 11.0 Å². The van der Waals surface area contributed by atoms with Crippen LogP contribution in [0.1, 0.15) is 25.3 Å². The van der Waals surface area contributed by atoms with Crippen LogP contribution < -0.4 is 10.1 Å². The lowest BCUT2D eigenvalue weighted by atomic mass is 10.2. The molecule has 0 aliphatic carbocycles. The minimum absolute atomic E-state index is 0.354. The Bertz CT molecular complexity index is 396. The predicted molar refractivity (Wildman–Crippen MR) is 72.3 cm³/mol. The summed E-state index contributed by atoms with van der Waals surface area (Å²) >= 11 is 3.41. The summed E-state index contributed by atoms with van der Waals surface area (Å²) in [6.07, 6.45) is -4.09. The molecule has 0 bridgehead atoms. The van der Waals surface area contributed by atoms with Crippen molar-refractivity contribution in [2.24, 2.45) is 0 Å². The molecule has 1 N–H and O–H groups in total. The fraction of sp³-hybridized carbons (Fsp3) is 0.538. The average molecular weight is 340 g/mol. The highest BCUT2D eigenvalue weighted by Gasteiger charge is 2.26. The Balaban J connectivity index is 2.53. The first-order valence-corrected chi connectivity index (χ1v) is 6.90. The van der Waals surface area contributed by atoms with E-state index in [4.69, 9.17) is 4.74 Å². The molecule has 6 heteroatoms. The molecule has 2 nitrogen and oxygen atoms in total. The Morgan fingerprint density at radius 1 is 1.32 bits per heavy atom. The smallest absolute Gasteiger partial charge is 0.392 e. The normalized spacial score (nSPS) is 11.6. The van der Waals surface area contributed by atoms with Gasteiger partial charge in [-0.15, -0.1) is 0 Å². The summed E-state index contributed by atoms with van der Waals surface area (Å²) < 4.78 is 42.1. The van der Waals surface area contributed by atoms with Crippen molar-refractivity contribution in [3.63, 3.8) is 0 Å². The van der Waals surface area contributed by atoms with E-state index in [0.717, 1.165) is 23.0 Å². The van der Waals surface area contributed by atoms with Crippen LogP contribution in [0, 0.1) is 0 Å². The van der Waals surface area contributed by atoms with Crippen LogP contribution >= 0.6 is 15.9 Å². The SMILES string of the molecule is CCCNCc1cc(OCCC(F)(F)F)ccc1Br. The molecule has 0 radical (unpaired) electrons. The number of rotatable bonds is 7. The van der Waals surface area contributed by atoms with Gasteiger partial charge in [-0.25, -0.2) is 0 Å². The molecule has 0 aliphatic rings. The first kappa shape index (κ1) is 16.3. The Morgan fingerprint density at radius 2 is 2.05 bits per heavy atom. The van der Waals surface area contributed by atoms with E-state index < -0.39 is 12.6 Å². The summed E-state index contributed by atoms with van der Waals surface area (Å²) in [6.45, 7) is 3.27. The van der Waals surface area contributed by atoms with E-state index >= 15 is 0 Å². The largest absolute Gasteiger partial charge is 0.493 e. The zero-order chi connectivity index (χ0) is 14.3. The molecule has 0 heterocycles. The number of ether oxygens (including phenoxy) is 1. The molecule has 1 aromatic rings. The van der Waals surface area contributed by atoms with Gasteiger partial charge in [-0.05, 0) is 36.7 Å². The van der Waals surface area contributed by atoms with E-state index in [9.17, 15) is 13.2 Å². The van der Waals surface area contributed by atoms with Gasteiger partial charge in [0.2, 0.25) is 0 Å². The third kappa shape index (κ3) is 6.82. The van der Waals surface area contributed by atoms with Crippen LogP contribution in [0.5, 0.6) is 5.75 Å². The highest BCUT2D eigenvalue weighted by molar-refractivity contribution is 9.10. The second-order valence-electron chi connectivity index (χ2n) is 4.14. The average Bonchev–Trinajstić information content (AvgIpc) is 2.31. The fourth-order valence-corrected chi connectivity index (χ4v) is 1.85.